The highest BCUT2D eigenvalue weighted by atomic mass is 19.3. The number of rotatable bonds is 4. The van der Waals surface area contributed by atoms with Crippen molar-refractivity contribution < 1.29 is 18.0 Å². The fourth-order valence-electron chi connectivity index (χ4n) is 4.35. The highest BCUT2D eigenvalue weighted by Gasteiger charge is 2.38. The van der Waals surface area contributed by atoms with Gasteiger partial charge in [-0.1, -0.05) is 12.1 Å². The van der Waals surface area contributed by atoms with Gasteiger partial charge in [-0.3, -0.25) is 4.79 Å². The van der Waals surface area contributed by atoms with Gasteiger partial charge in [0.1, 0.15) is 17.4 Å². The molecule has 35 heavy (non-hydrogen) atoms. The fraction of sp³-hybridized carbons (Fsp3) is 0.217. The van der Waals surface area contributed by atoms with Crippen LogP contribution in [-0.4, -0.2) is 52.1 Å². The van der Waals surface area contributed by atoms with E-state index in [-0.39, 0.29) is 17.5 Å². The van der Waals surface area contributed by atoms with Crippen molar-refractivity contribution in [2.75, 3.05) is 6.54 Å². The summed E-state index contributed by atoms with van der Waals surface area (Å²) in [6.45, 7) is 2.15. The van der Waals surface area contributed by atoms with E-state index in [2.05, 4.69) is 30.2 Å². The number of amides is 1. The van der Waals surface area contributed by atoms with Crippen LogP contribution in [0.25, 0.3) is 17.1 Å². The third kappa shape index (κ3) is 3.54. The van der Waals surface area contributed by atoms with E-state index in [0.29, 0.717) is 35.6 Å². The number of H-pyrrole nitrogens is 1. The quantitative estimate of drug-likeness (QED) is 0.422. The fourth-order valence-corrected chi connectivity index (χ4v) is 4.35. The van der Waals surface area contributed by atoms with Gasteiger partial charge in [0.2, 0.25) is 0 Å². The van der Waals surface area contributed by atoms with E-state index in [0.717, 1.165) is 11.4 Å². The second-order valence-corrected chi connectivity index (χ2v) is 8.15. The van der Waals surface area contributed by atoms with Gasteiger partial charge in [-0.05, 0) is 37.3 Å². The van der Waals surface area contributed by atoms with Crippen LogP contribution in [0.2, 0.25) is 0 Å². The Balaban J connectivity index is 1.41. The maximum Gasteiger partial charge on any atom is 0.312 e. The zero-order chi connectivity index (χ0) is 24.1. The summed E-state index contributed by atoms with van der Waals surface area (Å²) in [7, 11) is 0. The lowest BCUT2D eigenvalue weighted by atomic mass is 9.99. The van der Waals surface area contributed by atoms with Gasteiger partial charge >= 0.3 is 11.8 Å². The Morgan fingerprint density at radius 3 is 2.89 bits per heavy atom. The summed E-state index contributed by atoms with van der Waals surface area (Å²) in [5, 5.41) is 12.4. The highest BCUT2D eigenvalue weighted by Crippen LogP contribution is 2.35. The molecule has 1 aliphatic heterocycles. The Morgan fingerprint density at radius 1 is 1.20 bits per heavy atom. The predicted molar refractivity (Wildman–Crippen MR) is 118 cm³/mol. The molecule has 12 heteroatoms. The maximum absolute atomic E-state index is 13.6. The second-order valence-electron chi connectivity index (χ2n) is 8.15. The molecule has 1 amide bonds. The molecule has 0 saturated heterocycles. The van der Waals surface area contributed by atoms with Crippen LogP contribution in [0.15, 0.2) is 53.2 Å². The van der Waals surface area contributed by atoms with E-state index in [1.165, 1.54) is 15.5 Å². The first kappa shape index (κ1) is 21.1. The van der Waals surface area contributed by atoms with Crippen molar-refractivity contribution in [1.82, 2.24) is 39.7 Å². The molecular weight excluding hydrogens is 458 g/mol. The highest BCUT2D eigenvalue weighted by molar-refractivity contribution is 5.90. The Hall–Kier alpha value is -4.48. The molecule has 0 fully saturated rings. The minimum atomic E-state index is -2.71. The van der Waals surface area contributed by atoms with E-state index >= 15 is 0 Å². The molecular formula is C23H18F2N8O2. The van der Waals surface area contributed by atoms with Crippen LogP contribution in [0.1, 0.15) is 51.6 Å². The van der Waals surface area contributed by atoms with Gasteiger partial charge < -0.3 is 14.3 Å². The first-order chi connectivity index (χ1) is 17.0. The summed E-state index contributed by atoms with van der Waals surface area (Å²) in [6, 6.07) is 10.9. The summed E-state index contributed by atoms with van der Waals surface area (Å²) >= 11 is 0. The average molecular weight is 476 g/mol. The van der Waals surface area contributed by atoms with Crippen molar-refractivity contribution in [1.29, 1.82) is 0 Å². The first-order valence-corrected chi connectivity index (χ1v) is 10.9. The van der Waals surface area contributed by atoms with Crippen molar-refractivity contribution in [2.45, 2.75) is 25.8 Å². The zero-order valence-corrected chi connectivity index (χ0v) is 18.4. The normalized spacial score (nSPS) is 15.7. The second kappa shape index (κ2) is 8.08. The zero-order valence-electron chi connectivity index (χ0n) is 18.4. The molecule has 0 bridgehead atoms. The predicted octanol–water partition coefficient (Wildman–Crippen LogP) is 3.54. The number of nitrogens with zero attached hydrogens (tertiary/aromatic N) is 7. The monoisotopic (exact) mass is 476 g/mol. The number of nitrogens with one attached hydrogen (secondary N) is 1. The van der Waals surface area contributed by atoms with Crippen LogP contribution in [0.3, 0.4) is 0 Å². The maximum atomic E-state index is 13.6. The van der Waals surface area contributed by atoms with Crippen LogP contribution in [0, 0.1) is 6.92 Å². The van der Waals surface area contributed by atoms with E-state index in [9.17, 15) is 13.6 Å². The standard InChI is InChI=1S/C23H18F2N8O2/c1-12-4-2-6-15(28-12)21-29-30-22(35-21)23(34)32-9-8-14-18(27-11-26-14)19(32)16-10-13-5-3-7-17(20(24)25)33(13)31-16/h2-7,10-11,19-20H,8-9H2,1H3,(H,26,27)/t19-/m0/s1. The largest absolute Gasteiger partial charge is 0.411 e. The molecule has 6 rings (SSSR count). The number of aromatic amines is 1. The molecule has 176 valence electrons. The summed E-state index contributed by atoms with van der Waals surface area (Å²) in [4.78, 5) is 26.9. The van der Waals surface area contributed by atoms with Crippen molar-refractivity contribution in [2.24, 2.45) is 0 Å². The van der Waals surface area contributed by atoms with E-state index in [1.54, 1.807) is 36.7 Å². The molecule has 1 N–H and O–H groups in total. The minimum absolute atomic E-state index is 0.125. The number of carbonyl (C=O) groups is 1. The van der Waals surface area contributed by atoms with Crippen molar-refractivity contribution in [3.63, 3.8) is 0 Å². The number of halogens is 2. The molecule has 0 radical (unpaired) electrons. The molecule has 5 aromatic rings. The number of fused-ring (bicyclic) bond motifs is 2. The Morgan fingerprint density at radius 2 is 2.06 bits per heavy atom. The number of aryl methyl sites for hydroxylation is 1. The Labute approximate surface area is 196 Å². The van der Waals surface area contributed by atoms with Gasteiger partial charge in [0, 0.05) is 24.4 Å². The van der Waals surface area contributed by atoms with Gasteiger partial charge in [-0.15, -0.1) is 10.2 Å². The van der Waals surface area contributed by atoms with Crippen molar-refractivity contribution in [3.8, 4) is 11.6 Å². The summed E-state index contributed by atoms with van der Waals surface area (Å²) in [6.07, 6.45) is -0.642. The van der Waals surface area contributed by atoms with Crippen molar-refractivity contribution >= 4 is 11.4 Å². The third-order valence-corrected chi connectivity index (χ3v) is 5.94. The van der Waals surface area contributed by atoms with Gasteiger partial charge in [-0.2, -0.15) is 5.10 Å². The lowest BCUT2D eigenvalue weighted by molar-refractivity contribution is 0.0646. The summed E-state index contributed by atoms with van der Waals surface area (Å²) < 4.78 is 34.0. The van der Waals surface area contributed by atoms with Crippen LogP contribution in [0.4, 0.5) is 8.78 Å². The SMILES string of the molecule is Cc1cccc(-c2nnc(C(=O)N3CCc4[nH]cnc4[C@@H]3c3cc4cccc(C(F)F)n4n3)o2)n1. The molecule has 0 aliphatic carbocycles. The van der Waals surface area contributed by atoms with E-state index in [4.69, 9.17) is 4.42 Å². The van der Waals surface area contributed by atoms with Gasteiger partial charge in [0.25, 0.3) is 12.3 Å². The lowest BCUT2D eigenvalue weighted by Crippen LogP contribution is -2.41. The number of alkyl halides is 2. The van der Waals surface area contributed by atoms with E-state index in [1.807, 2.05) is 13.0 Å². The van der Waals surface area contributed by atoms with Gasteiger partial charge in [0.05, 0.1) is 23.2 Å². The number of pyridine rings is 2. The number of aromatic nitrogens is 7. The van der Waals surface area contributed by atoms with Crippen molar-refractivity contribution in [3.05, 3.63) is 83.2 Å². The average Bonchev–Trinajstić information content (AvgIpc) is 3.61. The Kier molecular flexibility index (Phi) is 4.87. The topological polar surface area (TPSA) is 118 Å². The number of hydrogen-bond donors (Lipinski definition) is 1. The minimum Gasteiger partial charge on any atom is -0.411 e. The molecule has 0 aromatic carbocycles. The molecule has 1 aliphatic rings. The third-order valence-electron chi connectivity index (χ3n) is 5.94. The van der Waals surface area contributed by atoms with Crippen LogP contribution in [-0.2, 0) is 6.42 Å². The molecule has 5 aromatic heterocycles. The summed E-state index contributed by atoms with van der Waals surface area (Å²) in [5.74, 6) is -0.592. The van der Waals surface area contributed by atoms with E-state index < -0.39 is 18.4 Å². The first-order valence-electron chi connectivity index (χ1n) is 10.9. The molecule has 10 nitrogen and oxygen atoms in total. The molecule has 0 saturated carbocycles. The lowest BCUT2D eigenvalue weighted by Gasteiger charge is -2.32. The van der Waals surface area contributed by atoms with Crippen LogP contribution in [0.5, 0.6) is 0 Å². The molecule has 0 spiro atoms. The van der Waals surface area contributed by atoms with Gasteiger partial charge in [-0.25, -0.2) is 23.3 Å². The summed E-state index contributed by atoms with van der Waals surface area (Å²) in [5.41, 5.74) is 3.31. The molecule has 6 heterocycles. The number of hydrogen-bond acceptors (Lipinski definition) is 7. The number of imidazole rings is 1. The Bertz CT molecular complexity index is 1560. The van der Waals surface area contributed by atoms with Crippen LogP contribution < -0.4 is 0 Å². The van der Waals surface area contributed by atoms with Crippen LogP contribution >= 0.6 is 0 Å². The molecule has 0 unspecified atom stereocenters. The smallest absolute Gasteiger partial charge is 0.312 e. The number of carbonyl (C=O) groups excluding carboxylic acids is 1. The van der Waals surface area contributed by atoms with Gasteiger partial charge in [0.15, 0.2) is 0 Å². The molecule has 1 atom stereocenters.